The molecule has 1 aliphatic heterocycles. The van der Waals surface area contributed by atoms with Gasteiger partial charge in [0.15, 0.2) is 5.82 Å². The first-order valence-electron chi connectivity index (χ1n) is 8.55. The van der Waals surface area contributed by atoms with Gasteiger partial charge in [-0.25, -0.2) is 25.2 Å². The maximum atomic E-state index is 13.1. The van der Waals surface area contributed by atoms with Gasteiger partial charge in [-0.15, -0.1) is 0 Å². The number of nitrogens with zero attached hydrogens (tertiary/aromatic N) is 4. The lowest BCUT2D eigenvalue weighted by Gasteiger charge is -2.32. The molecule has 0 spiro atoms. The second-order valence-corrected chi connectivity index (χ2v) is 6.50. The average molecular weight is 410 g/mol. The van der Waals surface area contributed by atoms with Crippen molar-refractivity contribution in [1.29, 1.82) is 0 Å². The number of anilines is 1. The van der Waals surface area contributed by atoms with Gasteiger partial charge in [0.1, 0.15) is 0 Å². The third-order valence-corrected chi connectivity index (χ3v) is 4.62. The first-order chi connectivity index (χ1) is 13.6. The molecule has 0 atom stereocenters. The lowest BCUT2D eigenvalue weighted by atomic mass is 10.00. The molecule has 7 nitrogen and oxygen atoms in total. The zero-order chi connectivity index (χ0) is 21.3. The standard InChI is InChI=1S/C18H18F4N6O/c1-10-12(3-2-4-13(10)18(20,21)22)16(29)27-6-5-15(14(23)9-27)28(24)17-25-7-11(19)8-26-17/h2-4,7-8H,5-6,9,23-24H2,1H3. The Hall–Kier alpha value is -3.21. The Morgan fingerprint density at radius 1 is 1.24 bits per heavy atom. The van der Waals surface area contributed by atoms with Crippen LogP contribution in [0.2, 0.25) is 0 Å². The number of rotatable bonds is 3. The molecule has 3 rings (SSSR count). The van der Waals surface area contributed by atoms with E-state index < -0.39 is 23.5 Å². The number of alkyl halides is 3. The summed E-state index contributed by atoms with van der Waals surface area (Å²) in [5, 5.41) is 1.10. The highest BCUT2D eigenvalue weighted by Gasteiger charge is 2.34. The van der Waals surface area contributed by atoms with Crippen LogP contribution in [0.15, 0.2) is 42.0 Å². The number of amides is 1. The number of carbonyl (C=O) groups excluding carboxylic acids is 1. The summed E-state index contributed by atoms with van der Waals surface area (Å²) in [4.78, 5) is 21.7. The highest BCUT2D eigenvalue weighted by atomic mass is 19.4. The molecule has 0 fully saturated rings. The monoisotopic (exact) mass is 410 g/mol. The average Bonchev–Trinajstić information content (AvgIpc) is 2.66. The molecule has 0 unspecified atom stereocenters. The normalized spacial score (nSPS) is 14.9. The van der Waals surface area contributed by atoms with E-state index in [-0.39, 0.29) is 42.3 Å². The van der Waals surface area contributed by atoms with E-state index in [1.165, 1.54) is 24.0 Å². The molecule has 4 N–H and O–H groups in total. The summed E-state index contributed by atoms with van der Waals surface area (Å²) in [6.07, 6.45) is -2.42. The number of benzene rings is 1. The van der Waals surface area contributed by atoms with Crippen LogP contribution < -0.4 is 16.6 Å². The van der Waals surface area contributed by atoms with E-state index in [0.717, 1.165) is 23.5 Å². The van der Waals surface area contributed by atoms with Crippen molar-refractivity contribution in [3.05, 3.63) is 64.5 Å². The Balaban J connectivity index is 1.82. The molecule has 2 aromatic rings. The van der Waals surface area contributed by atoms with Gasteiger partial charge in [-0.05, 0) is 24.6 Å². The molecule has 29 heavy (non-hydrogen) atoms. The van der Waals surface area contributed by atoms with E-state index in [2.05, 4.69) is 9.97 Å². The molecule has 0 bridgehead atoms. The van der Waals surface area contributed by atoms with Crippen molar-refractivity contribution in [3.8, 4) is 0 Å². The van der Waals surface area contributed by atoms with Gasteiger partial charge in [0.25, 0.3) is 5.91 Å². The van der Waals surface area contributed by atoms with Gasteiger partial charge in [0.2, 0.25) is 5.95 Å². The first kappa shape index (κ1) is 20.5. The summed E-state index contributed by atoms with van der Waals surface area (Å²) < 4.78 is 52.3. The summed E-state index contributed by atoms with van der Waals surface area (Å²) in [6.45, 7) is 1.41. The van der Waals surface area contributed by atoms with Crippen LogP contribution in [0.5, 0.6) is 0 Å². The van der Waals surface area contributed by atoms with Crippen molar-refractivity contribution in [2.24, 2.45) is 11.6 Å². The van der Waals surface area contributed by atoms with E-state index in [4.69, 9.17) is 11.6 Å². The Morgan fingerprint density at radius 3 is 2.48 bits per heavy atom. The number of nitrogens with two attached hydrogens (primary N) is 2. The quantitative estimate of drug-likeness (QED) is 0.458. The summed E-state index contributed by atoms with van der Waals surface area (Å²) in [6, 6.07) is 3.48. The molecule has 0 radical (unpaired) electrons. The Bertz CT molecular complexity index is 958. The first-order valence-corrected chi connectivity index (χ1v) is 8.55. The van der Waals surface area contributed by atoms with Gasteiger partial charge in [0, 0.05) is 24.2 Å². The lowest BCUT2D eigenvalue weighted by Crippen LogP contribution is -2.44. The van der Waals surface area contributed by atoms with Crippen LogP contribution in [0.4, 0.5) is 23.5 Å². The Morgan fingerprint density at radius 2 is 1.90 bits per heavy atom. The second-order valence-electron chi connectivity index (χ2n) is 6.50. The highest BCUT2D eigenvalue weighted by molar-refractivity contribution is 5.96. The van der Waals surface area contributed by atoms with Crippen LogP contribution >= 0.6 is 0 Å². The fourth-order valence-electron chi connectivity index (χ4n) is 3.12. The second kappa shape index (κ2) is 7.66. The van der Waals surface area contributed by atoms with Crippen molar-refractivity contribution in [3.63, 3.8) is 0 Å². The predicted octanol–water partition coefficient (Wildman–Crippen LogP) is 2.34. The molecule has 0 saturated heterocycles. The van der Waals surface area contributed by atoms with Gasteiger partial charge in [-0.1, -0.05) is 6.07 Å². The molecular formula is C18H18F4N6O. The van der Waals surface area contributed by atoms with Gasteiger partial charge in [-0.3, -0.25) is 4.79 Å². The highest BCUT2D eigenvalue weighted by Crippen LogP contribution is 2.33. The molecule has 1 aliphatic rings. The van der Waals surface area contributed by atoms with Gasteiger partial charge in [-0.2, -0.15) is 13.2 Å². The zero-order valence-corrected chi connectivity index (χ0v) is 15.4. The largest absolute Gasteiger partial charge is 0.416 e. The molecule has 1 aromatic heterocycles. The number of halogens is 4. The fraction of sp³-hybridized carbons (Fsp3) is 0.278. The minimum atomic E-state index is -4.55. The van der Waals surface area contributed by atoms with Crippen molar-refractivity contribution in [2.45, 2.75) is 19.5 Å². The van der Waals surface area contributed by atoms with E-state index >= 15 is 0 Å². The van der Waals surface area contributed by atoms with E-state index in [0.29, 0.717) is 5.70 Å². The lowest BCUT2D eigenvalue weighted by molar-refractivity contribution is -0.138. The van der Waals surface area contributed by atoms with Crippen molar-refractivity contribution in [1.82, 2.24) is 14.9 Å². The summed E-state index contributed by atoms with van der Waals surface area (Å²) >= 11 is 0. The third kappa shape index (κ3) is 4.14. The minimum Gasteiger partial charge on any atom is -0.399 e. The van der Waals surface area contributed by atoms with E-state index in [1.54, 1.807) is 0 Å². The number of hydrogen-bond donors (Lipinski definition) is 2. The number of hydrazine groups is 1. The Labute approximate surface area is 163 Å². The van der Waals surface area contributed by atoms with Crippen LogP contribution in [0.1, 0.15) is 27.9 Å². The fourth-order valence-corrected chi connectivity index (χ4v) is 3.12. The third-order valence-electron chi connectivity index (χ3n) is 4.62. The summed E-state index contributed by atoms with van der Waals surface area (Å²) in [7, 11) is 0. The van der Waals surface area contributed by atoms with Gasteiger partial charge >= 0.3 is 6.18 Å². The van der Waals surface area contributed by atoms with Crippen molar-refractivity contribution in [2.75, 3.05) is 18.1 Å². The summed E-state index contributed by atoms with van der Waals surface area (Å²) in [5.41, 5.74) is 5.70. The van der Waals surface area contributed by atoms with Crippen LogP contribution in [-0.2, 0) is 6.18 Å². The number of carbonyl (C=O) groups is 1. The molecule has 154 valence electrons. The van der Waals surface area contributed by atoms with Crippen LogP contribution in [-0.4, -0.2) is 33.9 Å². The number of aromatic nitrogens is 2. The molecule has 1 amide bonds. The number of hydrogen-bond acceptors (Lipinski definition) is 6. The SMILES string of the molecule is Cc1c(C(=O)N2CCC(N(N)c3ncc(F)cn3)=C(N)C2)cccc1C(F)(F)F. The molecule has 0 aliphatic carbocycles. The van der Waals surface area contributed by atoms with Crippen LogP contribution in [0, 0.1) is 12.7 Å². The maximum absolute atomic E-state index is 13.1. The van der Waals surface area contributed by atoms with Gasteiger partial charge in [0.05, 0.1) is 30.2 Å². The topological polar surface area (TPSA) is 101 Å². The van der Waals surface area contributed by atoms with Crippen LogP contribution in [0.3, 0.4) is 0 Å². The summed E-state index contributed by atoms with van der Waals surface area (Å²) in [5.74, 6) is 4.80. The molecule has 2 heterocycles. The van der Waals surface area contributed by atoms with Crippen molar-refractivity contribution >= 4 is 11.9 Å². The zero-order valence-electron chi connectivity index (χ0n) is 15.4. The van der Waals surface area contributed by atoms with Gasteiger partial charge < -0.3 is 10.6 Å². The maximum Gasteiger partial charge on any atom is 0.416 e. The molecular weight excluding hydrogens is 392 g/mol. The van der Waals surface area contributed by atoms with Crippen LogP contribution in [0.25, 0.3) is 0 Å². The molecule has 11 heteroatoms. The van der Waals surface area contributed by atoms with E-state index in [1.807, 2.05) is 0 Å². The minimum absolute atomic E-state index is 0.0258. The predicted molar refractivity (Wildman–Crippen MR) is 96.6 cm³/mol. The molecule has 0 saturated carbocycles. The molecule has 1 aromatic carbocycles. The Kier molecular flexibility index (Phi) is 5.42. The smallest absolute Gasteiger partial charge is 0.399 e. The van der Waals surface area contributed by atoms with E-state index in [9.17, 15) is 22.4 Å². The van der Waals surface area contributed by atoms with Crippen molar-refractivity contribution < 1.29 is 22.4 Å².